The van der Waals surface area contributed by atoms with Crippen LogP contribution in [0.3, 0.4) is 0 Å². The fraction of sp³-hybridized carbons (Fsp3) is 0.0625. The van der Waals surface area contributed by atoms with Gasteiger partial charge in [-0.3, -0.25) is 5.43 Å². The van der Waals surface area contributed by atoms with Gasteiger partial charge in [0.25, 0.3) is 0 Å². The summed E-state index contributed by atoms with van der Waals surface area (Å²) in [4.78, 5) is 12.1. The second-order valence-corrected chi connectivity index (χ2v) is 4.98. The van der Waals surface area contributed by atoms with E-state index in [0.717, 1.165) is 6.07 Å². The topological polar surface area (TPSA) is 85.9 Å². The predicted molar refractivity (Wildman–Crippen MR) is 91.9 cm³/mol. The summed E-state index contributed by atoms with van der Waals surface area (Å²) in [5, 5.41) is 3.86. The smallest absolute Gasteiger partial charge is 0.343 e. The molecule has 0 bridgehead atoms. The van der Waals surface area contributed by atoms with Crippen molar-refractivity contribution in [3.63, 3.8) is 0 Å². The highest BCUT2D eigenvalue weighted by Gasteiger charge is 2.13. The Morgan fingerprint density at radius 1 is 1.29 bits per heavy atom. The lowest BCUT2D eigenvalue weighted by Crippen LogP contribution is -2.23. The van der Waals surface area contributed by atoms with Crippen molar-refractivity contribution in [2.75, 3.05) is 7.11 Å². The Morgan fingerprint density at radius 2 is 2.08 bits per heavy atom. The average Bonchev–Trinajstić information content (AvgIpc) is 2.55. The van der Waals surface area contributed by atoms with Crippen molar-refractivity contribution in [2.24, 2.45) is 10.8 Å². The van der Waals surface area contributed by atoms with E-state index in [9.17, 15) is 9.18 Å². The molecule has 2 rings (SSSR count). The van der Waals surface area contributed by atoms with E-state index >= 15 is 0 Å². The molecule has 0 unspecified atom stereocenters. The molecule has 0 radical (unpaired) electrons. The number of nitrogens with one attached hydrogen (secondary N) is 1. The first-order valence-corrected chi connectivity index (χ1v) is 7.14. The van der Waals surface area contributed by atoms with Crippen LogP contribution in [-0.2, 0) is 0 Å². The van der Waals surface area contributed by atoms with Crippen molar-refractivity contribution in [3.8, 4) is 11.5 Å². The normalized spacial score (nSPS) is 10.4. The van der Waals surface area contributed by atoms with Crippen LogP contribution in [0.1, 0.15) is 15.9 Å². The van der Waals surface area contributed by atoms with E-state index < -0.39 is 11.8 Å². The van der Waals surface area contributed by atoms with E-state index in [1.807, 2.05) is 0 Å². The second-order valence-electron chi connectivity index (χ2n) is 4.54. The minimum absolute atomic E-state index is 0.0406. The SMILES string of the molecule is COc1cc(C=NNC(N)=S)ccc1OC(=O)c1cccc(F)c1. The molecule has 0 aliphatic rings. The Balaban J connectivity index is 2.17. The molecule has 0 aliphatic heterocycles. The molecule has 124 valence electrons. The lowest BCUT2D eigenvalue weighted by molar-refractivity contribution is 0.0729. The van der Waals surface area contributed by atoms with Gasteiger partial charge < -0.3 is 15.2 Å². The van der Waals surface area contributed by atoms with Crippen molar-refractivity contribution in [1.29, 1.82) is 0 Å². The van der Waals surface area contributed by atoms with Crippen LogP contribution < -0.4 is 20.6 Å². The molecule has 6 nitrogen and oxygen atoms in total. The Bertz CT molecular complexity index is 796. The maximum absolute atomic E-state index is 13.2. The Hall–Kier alpha value is -3.00. The first kappa shape index (κ1) is 17.4. The van der Waals surface area contributed by atoms with Crippen molar-refractivity contribution < 1.29 is 18.7 Å². The molecule has 24 heavy (non-hydrogen) atoms. The van der Waals surface area contributed by atoms with Gasteiger partial charge in [-0.2, -0.15) is 5.10 Å². The second kappa shape index (κ2) is 8.02. The molecular weight excluding hydrogens is 333 g/mol. The van der Waals surface area contributed by atoms with Crippen molar-refractivity contribution in [1.82, 2.24) is 5.43 Å². The molecule has 2 aromatic rings. The van der Waals surface area contributed by atoms with Gasteiger partial charge >= 0.3 is 5.97 Å². The molecule has 0 amide bonds. The van der Waals surface area contributed by atoms with Gasteiger partial charge in [-0.15, -0.1) is 0 Å². The molecule has 0 heterocycles. The molecule has 0 aliphatic carbocycles. The van der Waals surface area contributed by atoms with Gasteiger partial charge in [-0.1, -0.05) is 6.07 Å². The number of rotatable bonds is 5. The number of esters is 1. The maximum atomic E-state index is 13.2. The number of nitrogens with two attached hydrogens (primary N) is 1. The molecular formula is C16H14FN3O3S. The highest BCUT2D eigenvalue weighted by molar-refractivity contribution is 7.80. The number of ether oxygens (including phenoxy) is 2. The Kier molecular flexibility index (Phi) is 5.80. The number of carbonyl (C=O) groups excluding carboxylic acids is 1. The van der Waals surface area contributed by atoms with Gasteiger partial charge in [0.15, 0.2) is 16.6 Å². The average molecular weight is 347 g/mol. The zero-order valence-corrected chi connectivity index (χ0v) is 13.5. The summed E-state index contributed by atoms with van der Waals surface area (Å²) in [7, 11) is 1.43. The number of benzene rings is 2. The largest absolute Gasteiger partial charge is 0.493 e. The zero-order chi connectivity index (χ0) is 17.5. The summed E-state index contributed by atoms with van der Waals surface area (Å²) in [5.74, 6) is -0.692. The summed E-state index contributed by atoms with van der Waals surface area (Å²) in [6, 6.07) is 10.0. The summed E-state index contributed by atoms with van der Waals surface area (Å²) in [6.45, 7) is 0. The number of halogens is 1. The predicted octanol–water partition coefficient (Wildman–Crippen LogP) is 2.22. The van der Waals surface area contributed by atoms with E-state index in [1.165, 1.54) is 37.6 Å². The number of hydrogen-bond donors (Lipinski definition) is 2. The Labute approximate surface area is 143 Å². The molecule has 0 spiro atoms. The number of hydrazone groups is 1. The molecule has 3 N–H and O–H groups in total. The lowest BCUT2D eigenvalue weighted by Gasteiger charge is -2.10. The van der Waals surface area contributed by atoms with Gasteiger partial charge in [0.2, 0.25) is 0 Å². The summed E-state index contributed by atoms with van der Waals surface area (Å²) in [6.07, 6.45) is 1.47. The van der Waals surface area contributed by atoms with E-state index in [-0.39, 0.29) is 16.4 Å². The first-order chi connectivity index (χ1) is 11.5. The third-order valence-corrected chi connectivity index (χ3v) is 2.93. The van der Waals surface area contributed by atoms with Gasteiger partial charge in [0, 0.05) is 0 Å². The molecule has 0 saturated carbocycles. The maximum Gasteiger partial charge on any atom is 0.343 e. The minimum Gasteiger partial charge on any atom is -0.493 e. The van der Waals surface area contributed by atoms with Gasteiger partial charge in [-0.05, 0) is 54.2 Å². The van der Waals surface area contributed by atoms with Crippen LogP contribution in [-0.4, -0.2) is 24.4 Å². The van der Waals surface area contributed by atoms with Crippen LogP contribution in [0.25, 0.3) is 0 Å². The lowest BCUT2D eigenvalue weighted by atomic mass is 10.2. The van der Waals surface area contributed by atoms with E-state index in [1.54, 1.807) is 12.1 Å². The number of methoxy groups -OCH3 is 1. The van der Waals surface area contributed by atoms with Crippen LogP contribution in [0, 0.1) is 5.82 Å². The van der Waals surface area contributed by atoms with Crippen molar-refractivity contribution in [2.45, 2.75) is 0 Å². The van der Waals surface area contributed by atoms with E-state index in [2.05, 4.69) is 22.7 Å². The van der Waals surface area contributed by atoms with Crippen molar-refractivity contribution >= 4 is 29.5 Å². The summed E-state index contributed by atoms with van der Waals surface area (Å²) in [5.41, 5.74) is 8.45. The molecule has 0 fully saturated rings. The summed E-state index contributed by atoms with van der Waals surface area (Å²) >= 11 is 4.63. The molecule has 8 heteroatoms. The third-order valence-electron chi connectivity index (χ3n) is 2.84. The number of thiocarbonyl (C=S) groups is 1. The van der Waals surface area contributed by atoms with Crippen LogP contribution in [0.4, 0.5) is 4.39 Å². The fourth-order valence-corrected chi connectivity index (χ4v) is 1.85. The minimum atomic E-state index is -0.690. The van der Waals surface area contributed by atoms with Gasteiger partial charge in [0.1, 0.15) is 5.82 Å². The van der Waals surface area contributed by atoms with Crippen LogP contribution in [0.15, 0.2) is 47.6 Å². The highest BCUT2D eigenvalue weighted by Crippen LogP contribution is 2.28. The Morgan fingerprint density at radius 3 is 2.75 bits per heavy atom. The molecule has 0 saturated heterocycles. The first-order valence-electron chi connectivity index (χ1n) is 6.74. The van der Waals surface area contributed by atoms with E-state index in [0.29, 0.717) is 11.3 Å². The number of nitrogens with zero attached hydrogens (tertiary/aromatic N) is 1. The zero-order valence-electron chi connectivity index (χ0n) is 12.7. The number of hydrogen-bond acceptors (Lipinski definition) is 5. The number of carbonyl (C=O) groups is 1. The van der Waals surface area contributed by atoms with Crippen LogP contribution in [0.2, 0.25) is 0 Å². The monoisotopic (exact) mass is 347 g/mol. The highest BCUT2D eigenvalue weighted by atomic mass is 32.1. The molecule has 0 atom stereocenters. The quantitative estimate of drug-likeness (QED) is 0.284. The standard InChI is InChI=1S/C16H14FN3O3S/c1-22-14-7-10(9-19-20-16(18)24)5-6-13(14)23-15(21)11-3-2-4-12(17)8-11/h2-9H,1H3,(H3,18,20,24). The molecule has 0 aromatic heterocycles. The third kappa shape index (κ3) is 4.75. The summed E-state index contributed by atoms with van der Waals surface area (Å²) < 4.78 is 23.6. The fourth-order valence-electron chi connectivity index (χ4n) is 1.79. The van der Waals surface area contributed by atoms with Crippen LogP contribution >= 0.6 is 12.2 Å². The van der Waals surface area contributed by atoms with Crippen molar-refractivity contribution in [3.05, 3.63) is 59.4 Å². The van der Waals surface area contributed by atoms with Gasteiger partial charge in [-0.25, -0.2) is 9.18 Å². The van der Waals surface area contributed by atoms with Gasteiger partial charge in [0.05, 0.1) is 18.9 Å². The van der Waals surface area contributed by atoms with Crippen LogP contribution in [0.5, 0.6) is 11.5 Å². The van der Waals surface area contributed by atoms with E-state index in [4.69, 9.17) is 15.2 Å². The molecule has 2 aromatic carbocycles.